The van der Waals surface area contributed by atoms with Gasteiger partial charge in [-0.1, -0.05) is 53.7 Å². The lowest BCUT2D eigenvalue weighted by molar-refractivity contribution is -0.119. The predicted molar refractivity (Wildman–Crippen MR) is 119 cm³/mol. The molecule has 6 nitrogen and oxygen atoms in total. The summed E-state index contributed by atoms with van der Waals surface area (Å²) in [5.41, 5.74) is 1.36. The summed E-state index contributed by atoms with van der Waals surface area (Å²) < 4.78 is 7.15. The van der Waals surface area contributed by atoms with Crippen LogP contribution in [0.4, 0.5) is 0 Å². The van der Waals surface area contributed by atoms with Gasteiger partial charge in [0.05, 0.1) is 29.3 Å². The normalized spacial score (nSPS) is 16.1. The minimum absolute atomic E-state index is 0.0937. The van der Waals surface area contributed by atoms with Crippen molar-refractivity contribution < 1.29 is 9.53 Å². The average molecular weight is 444 g/mol. The predicted octanol–water partition coefficient (Wildman–Crippen LogP) is 3.49. The molecule has 1 amide bonds. The number of carbonyl (C=O) groups excluding carboxylic acids is 1. The van der Waals surface area contributed by atoms with Crippen LogP contribution < -0.4 is 10.9 Å². The smallest absolute Gasteiger partial charge is 0.262 e. The molecule has 0 saturated carbocycles. The highest BCUT2D eigenvalue weighted by molar-refractivity contribution is 7.99. The Morgan fingerprint density at radius 1 is 1.27 bits per heavy atom. The third kappa shape index (κ3) is 5.03. The molecule has 1 fully saturated rings. The Morgan fingerprint density at radius 2 is 2.10 bits per heavy atom. The van der Waals surface area contributed by atoms with Crippen molar-refractivity contribution in [3.05, 3.63) is 69.5 Å². The Morgan fingerprint density at radius 3 is 2.87 bits per heavy atom. The second-order valence-electron chi connectivity index (χ2n) is 7.16. The highest BCUT2D eigenvalue weighted by atomic mass is 35.5. The van der Waals surface area contributed by atoms with Crippen molar-refractivity contribution in [2.75, 3.05) is 18.9 Å². The molecule has 8 heteroatoms. The molecular weight excluding hydrogens is 422 g/mol. The van der Waals surface area contributed by atoms with Gasteiger partial charge in [-0.25, -0.2) is 4.98 Å². The highest BCUT2D eigenvalue weighted by Crippen LogP contribution is 2.21. The first-order chi connectivity index (χ1) is 14.6. The van der Waals surface area contributed by atoms with Crippen LogP contribution in [0.3, 0.4) is 0 Å². The minimum Gasteiger partial charge on any atom is -0.376 e. The minimum atomic E-state index is -0.150. The Balaban J connectivity index is 1.57. The topological polar surface area (TPSA) is 73.2 Å². The van der Waals surface area contributed by atoms with Crippen LogP contribution in [-0.4, -0.2) is 40.5 Å². The molecule has 0 unspecified atom stereocenters. The lowest BCUT2D eigenvalue weighted by Gasteiger charge is -2.14. The molecular formula is C22H22ClN3O3S. The molecule has 3 aromatic rings. The van der Waals surface area contributed by atoms with Crippen LogP contribution in [0.15, 0.2) is 58.5 Å². The zero-order chi connectivity index (χ0) is 20.9. The molecule has 0 spiro atoms. The van der Waals surface area contributed by atoms with E-state index in [0.717, 1.165) is 25.0 Å². The maximum Gasteiger partial charge on any atom is 0.262 e. The quantitative estimate of drug-likeness (QED) is 0.447. The zero-order valence-corrected chi connectivity index (χ0v) is 17.9. The number of ether oxygens (including phenoxy) is 1. The molecule has 1 aromatic heterocycles. The number of nitrogens with zero attached hydrogens (tertiary/aromatic N) is 2. The molecule has 30 heavy (non-hydrogen) atoms. The van der Waals surface area contributed by atoms with Crippen molar-refractivity contribution in [3.63, 3.8) is 0 Å². The molecule has 0 radical (unpaired) electrons. The molecule has 0 bridgehead atoms. The van der Waals surface area contributed by atoms with Gasteiger partial charge in [0.25, 0.3) is 5.56 Å². The summed E-state index contributed by atoms with van der Waals surface area (Å²) in [6.07, 6.45) is 2.10. The SMILES string of the molecule is O=C(CSc1nc2cc(Cl)ccc2c(=O)n1Cc1ccccc1)NC[C@@H]1CCCO1. The number of rotatable bonds is 7. The fourth-order valence-corrected chi connectivity index (χ4v) is 4.40. The number of halogens is 1. The lowest BCUT2D eigenvalue weighted by atomic mass is 10.2. The first-order valence-electron chi connectivity index (χ1n) is 9.85. The van der Waals surface area contributed by atoms with E-state index in [4.69, 9.17) is 16.3 Å². The van der Waals surface area contributed by atoms with Crippen molar-refractivity contribution in [3.8, 4) is 0 Å². The van der Waals surface area contributed by atoms with Crippen molar-refractivity contribution in [1.29, 1.82) is 0 Å². The molecule has 156 valence electrons. The summed E-state index contributed by atoms with van der Waals surface area (Å²) in [5, 5.41) is 4.41. The summed E-state index contributed by atoms with van der Waals surface area (Å²) in [5.74, 6) is 0.0576. The largest absolute Gasteiger partial charge is 0.376 e. The molecule has 1 aliphatic heterocycles. The molecule has 0 aliphatic carbocycles. The van der Waals surface area contributed by atoms with E-state index in [0.29, 0.717) is 34.2 Å². The highest BCUT2D eigenvalue weighted by Gasteiger charge is 2.17. The molecule has 2 aromatic carbocycles. The standard InChI is InChI=1S/C22H22ClN3O3S/c23-16-8-9-18-19(11-16)25-22(26(21(18)28)13-15-5-2-1-3-6-15)30-14-20(27)24-12-17-7-4-10-29-17/h1-3,5-6,8-9,11,17H,4,7,10,12-14H2,(H,24,27)/t17-/m0/s1. The van der Waals surface area contributed by atoms with E-state index in [1.54, 1.807) is 22.8 Å². The van der Waals surface area contributed by atoms with E-state index in [-0.39, 0.29) is 23.3 Å². The van der Waals surface area contributed by atoms with Crippen LogP contribution in [0.1, 0.15) is 18.4 Å². The molecule has 1 N–H and O–H groups in total. The summed E-state index contributed by atoms with van der Waals surface area (Å²) in [4.78, 5) is 30.1. The van der Waals surface area contributed by atoms with Gasteiger partial charge >= 0.3 is 0 Å². The number of thioether (sulfide) groups is 1. The maximum absolute atomic E-state index is 13.2. The number of fused-ring (bicyclic) bond motifs is 1. The van der Waals surface area contributed by atoms with Gasteiger partial charge in [-0.05, 0) is 36.6 Å². The number of hydrogen-bond acceptors (Lipinski definition) is 5. The number of aromatic nitrogens is 2. The fraction of sp³-hybridized carbons (Fsp3) is 0.318. The summed E-state index contributed by atoms with van der Waals surface area (Å²) in [6.45, 7) is 1.65. The van der Waals surface area contributed by atoms with E-state index >= 15 is 0 Å². The van der Waals surface area contributed by atoms with Crippen molar-refractivity contribution in [2.45, 2.75) is 30.6 Å². The van der Waals surface area contributed by atoms with Gasteiger partial charge in [-0.15, -0.1) is 0 Å². The van der Waals surface area contributed by atoms with Crippen LogP contribution in [-0.2, 0) is 16.1 Å². The Hall–Kier alpha value is -2.35. The average Bonchev–Trinajstić information content (AvgIpc) is 3.27. The second kappa shape index (κ2) is 9.64. The van der Waals surface area contributed by atoms with Crippen molar-refractivity contribution in [2.24, 2.45) is 0 Å². The number of benzene rings is 2. The second-order valence-corrected chi connectivity index (χ2v) is 8.54. The van der Waals surface area contributed by atoms with E-state index in [1.807, 2.05) is 30.3 Å². The number of carbonyl (C=O) groups is 1. The molecule has 1 saturated heterocycles. The van der Waals surface area contributed by atoms with E-state index < -0.39 is 0 Å². The van der Waals surface area contributed by atoms with E-state index in [9.17, 15) is 9.59 Å². The maximum atomic E-state index is 13.2. The van der Waals surface area contributed by atoms with Crippen LogP contribution in [0.5, 0.6) is 0 Å². The van der Waals surface area contributed by atoms with Gasteiger partial charge in [-0.2, -0.15) is 0 Å². The van der Waals surface area contributed by atoms with E-state index in [1.165, 1.54) is 11.8 Å². The zero-order valence-electron chi connectivity index (χ0n) is 16.3. The van der Waals surface area contributed by atoms with Gasteiger partial charge < -0.3 is 10.1 Å². The first-order valence-corrected chi connectivity index (χ1v) is 11.2. The van der Waals surface area contributed by atoms with Crippen LogP contribution in [0.25, 0.3) is 10.9 Å². The third-order valence-electron chi connectivity index (χ3n) is 4.95. The van der Waals surface area contributed by atoms with Crippen molar-refractivity contribution in [1.82, 2.24) is 14.9 Å². The number of amides is 1. The van der Waals surface area contributed by atoms with E-state index in [2.05, 4.69) is 10.3 Å². The molecule has 4 rings (SSSR count). The summed E-state index contributed by atoms with van der Waals surface area (Å²) in [6, 6.07) is 14.8. The van der Waals surface area contributed by atoms with Gasteiger partial charge in [-0.3, -0.25) is 14.2 Å². The van der Waals surface area contributed by atoms with Crippen LogP contribution in [0.2, 0.25) is 5.02 Å². The molecule has 1 atom stereocenters. The molecule has 2 heterocycles. The number of nitrogens with one attached hydrogen (secondary N) is 1. The van der Waals surface area contributed by atoms with Crippen LogP contribution >= 0.6 is 23.4 Å². The molecule has 1 aliphatic rings. The summed E-state index contributed by atoms with van der Waals surface area (Å²) in [7, 11) is 0. The monoisotopic (exact) mass is 443 g/mol. The third-order valence-corrected chi connectivity index (χ3v) is 6.16. The van der Waals surface area contributed by atoms with Crippen LogP contribution in [0, 0.1) is 0 Å². The van der Waals surface area contributed by atoms with Crippen molar-refractivity contribution >= 4 is 40.2 Å². The van der Waals surface area contributed by atoms with Gasteiger partial charge in [0.15, 0.2) is 5.16 Å². The van der Waals surface area contributed by atoms with Gasteiger partial charge in [0.2, 0.25) is 5.91 Å². The Labute approximate surface area is 183 Å². The Kier molecular flexibility index (Phi) is 6.72. The van der Waals surface area contributed by atoms with Gasteiger partial charge in [0.1, 0.15) is 0 Å². The fourth-order valence-electron chi connectivity index (χ4n) is 3.40. The number of hydrogen-bond donors (Lipinski definition) is 1. The van der Waals surface area contributed by atoms with Gasteiger partial charge in [0, 0.05) is 18.2 Å². The first kappa shape index (κ1) is 20.9. The Bertz CT molecular complexity index is 1100. The lowest BCUT2D eigenvalue weighted by Crippen LogP contribution is -2.33. The summed E-state index contributed by atoms with van der Waals surface area (Å²) >= 11 is 7.34.